The normalized spacial score (nSPS) is 11.1. The molecule has 0 aliphatic heterocycles. The molecule has 0 spiro atoms. The van der Waals surface area contributed by atoms with E-state index in [1.807, 2.05) is 39.0 Å². The van der Waals surface area contributed by atoms with Crippen LogP contribution in [-0.2, 0) is 4.74 Å². The quantitative estimate of drug-likeness (QED) is 0.906. The lowest BCUT2D eigenvalue weighted by molar-refractivity contribution is 0.0534. The van der Waals surface area contributed by atoms with Gasteiger partial charge in [-0.2, -0.15) is 5.26 Å². The number of carbonyl (C=O) groups excluding carboxylic acids is 1. The molecule has 0 saturated heterocycles. The SMILES string of the molecule is CC(C)(C)OC(=O)NCC=Cc1ccccc1C#N. The summed E-state index contributed by atoms with van der Waals surface area (Å²) in [5.74, 6) is 0. The van der Waals surface area contributed by atoms with Gasteiger partial charge >= 0.3 is 6.09 Å². The Bertz CT molecular complexity index is 508. The zero-order chi connectivity index (χ0) is 14.3. The van der Waals surface area contributed by atoms with Crippen LogP contribution in [0.3, 0.4) is 0 Å². The summed E-state index contributed by atoms with van der Waals surface area (Å²) in [7, 11) is 0. The lowest BCUT2D eigenvalue weighted by Crippen LogP contribution is -2.32. The Morgan fingerprint density at radius 2 is 2.11 bits per heavy atom. The van der Waals surface area contributed by atoms with Gasteiger partial charge in [0.25, 0.3) is 0 Å². The highest BCUT2D eigenvalue weighted by Crippen LogP contribution is 2.09. The predicted octanol–water partition coefficient (Wildman–Crippen LogP) is 3.10. The van der Waals surface area contributed by atoms with Crippen LogP contribution < -0.4 is 5.32 Å². The third-order valence-corrected chi connectivity index (χ3v) is 2.14. The standard InChI is InChI=1S/C15H18N2O2/c1-15(2,3)19-14(18)17-10-6-9-12-7-4-5-8-13(12)11-16/h4-9H,10H2,1-3H3,(H,17,18). The fourth-order valence-electron chi connectivity index (χ4n) is 1.39. The smallest absolute Gasteiger partial charge is 0.407 e. The Hall–Kier alpha value is -2.28. The van der Waals surface area contributed by atoms with Crippen molar-refractivity contribution in [1.29, 1.82) is 5.26 Å². The first-order chi connectivity index (χ1) is 8.92. The Balaban J connectivity index is 2.47. The van der Waals surface area contributed by atoms with Crippen LogP contribution in [0.4, 0.5) is 4.79 Å². The fraction of sp³-hybridized carbons (Fsp3) is 0.333. The van der Waals surface area contributed by atoms with Gasteiger partial charge in [-0.05, 0) is 32.4 Å². The number of amides is 1. The van der Waals surface area contributed by atoms with Crippen molar-refractivity contribution in [1.82, 2.24) is 5.32 Å². The summed E-state index contributed by atoms with van der Waals surface area (Å²) in [6.45, 7) is 5.79. The highest BCUT2D eigenvalue weighted by atomic mass is 16.6. The van der Waals surface area contributed by atoms with Crippen LogP contribution in [0.1, 0.15) is 31.9 Å². The molecule has 1 aromatic rings. The van der Waals surface area contributed by atoms with E-state index < -0.39 is 11.7 Å². The van der Waals surface area contributed by atoms with Crippen LogP contribution in [0.25, 0.3) is 6.08 Å². The maximum Gasteiger partial charge on any atom is 0.407 e. The molecule has 4 nitrogen and oxygen atoms in total. The van der Waals surface area contributed by atoms with Crippen molar-refractivity contribution >= 4 is 12.2 Å². The van der Waals surface area contributed by atoms with Crippen molar-refractivity contribution in [2.24, 2.45) is 0 Å². The van der Waals surface area contributed by atoms with Crippen molar-refractivity contribution < 1.29 is 9.53 Å². The first kappa shape index (κ1) is 14.8. The summed E-state index contributed by atoms with van der Waals surface area (Å²) < 4.78 is 5.10. The molecule has 0 unspecified atom stereocenters. The number of hydrogen-bond donors (Lipinski definition) is 1. The fourth-order valence-corrected chi connectivity index (χ4v) is 1.39. The lowest BCUT2D eigenvalue weighted by atomic mass is 10.1. The van der Waals surface area contributed by atoms with Crippen molar-refractivity contribution in [3.8, 4) is 6.07 Å². The average Bonchev–Trinajstić information content (AvgIpc) is 2.33. The zero-order valence-electron chi connectivity index (χ0n) is 11.4. The third kappa shape index (κ3) is 5.73. The van der Waals surface area contributed by atoms with Gasteiger partial charge in [0.05, 0.1) is 11.6 Å². The summed E-state index contributed by atoms with van der Waals surface area (Å²) in [5, 5.41) is 11.5. The van der Waals surface area contributed by atoms with Crippen molar-refractivity contribution in [2.75, 3.05) is 6.54 Å². The van der Waals surface area contributed by atoms with E-state index in [1.165, 1.54) is 0 Å². The van der Waals surface area contributed by atoms with E-state index in [9.17, 15) is 4.79 Å². The van der Waals surface area contributed by atoms with Crippen LogP contribution in [0.2, 0.25) is 0 Å². The number of nitriles is 1. The lowest BCUT2D eigenvalue weighted by Gasteiger charge is -2.19. The van der Waals surface area contributed by atoms with E-state index in [4.69, 9.17) is 10.00 Å². The summed E-state index contributed by atoms with van der Waals surface area (Å²) in [6, 6.07) is 9.39. The molecule has 0 radical (unpaired) electrons. The molecule has 0 aliphatic carbocycles. The molecular formula is C15H18N2O2. The second-order valence-electron chi connectivity index (χ2n) is 4.98. The van der Waals surface area contributed by atoms with Crippen molar-refractivity contribution in [3.05, 3.63) is 41.5 Å². The number of alkyl carbamates (subject to hydrolysis) is 1. The average molecular weight is 258 g/mol. The maximum absolute atomic E-state index is 11.4. The molecule has 0 atom stereocenters. The van der Waals surface area contributed by atoms with Gasteiger partial charge in [-0.3, -0.25) is 0 Å². The Morgan fingerprint density at radius 3 is 2.74 bits per heavy atom. The van der Waals surface area contributed by atoms with E-state index in [-0.39, 0.29) is 0 Å². The molecule has 0 fully saturated rings. The number of rotatable bonds is 3. The van der Waals surface area contributed by atoms with Crippen LogP contribution in [0.15, 0.2) is 30.3 Å². The summed E-state index contributed by atoms with van der Waals surface area (Å²) in [6.07, 6.45) is 3.13. The van der Waals surface area contributed by atoms with Gasteiger partial charge < -0.3 is 10.1 Å². The van der Waals surface area contributed by atoms with E-state index in [0.717, 1.165) is 5.56 Å². The van der Waals surface area contributed by atoms with E-state index in [2.05, 4.69) is 11.4 Å². The first-order valence-electron chi connectivity index (χ1n) is 6.05. The zero-order valence-corrected chi connectivity index (χ0v) is 11.4. The molecule has 100 valence electrons. The van der Waals surface area contributed by atoms with E-state index >= 15 is 0 Å². The first-order valence-corrected chi connectivity index (χ1v) is 6.05. The molecule has 0 aromatic heterocycles. The highest BCUT2D eigenvalue weighted by molar-refractivity contribution is 5.68. The minimum Gasteiger partial charge on any atom is -0.444 e. The van der Waals surface area contributed by atoms with Gasteiger partial charge in [0.2, 0.25) is 0 Å². The molecule has 1 aromatic carbocycles. The minimum absolute atomic E-state index is 0.356. The van der Waals surface area contributed by atoms with Gasteiger partial charge in [0.15, 0.2) is 0 Å². The Kier molecular flexibility index (Phi) is 5.13. The molecular weight excluding hydrogens is 240 g/mol. The number of carbonyl (C=O) groups is 1. The summed E-state index contributed by atoms with van der Waals surface area (Å²) in [4.78, 5) is 11.4. The van der Waals surface area contributed by atoms with Crippen LogP contribution in [0, 0.1) is 11.3 Å². The van der Waals surface area contributed by atoms with Crippen LogP contribution in [-0.4, -0.2) is 18.2 Å². The topological polar surface area (TPSA) is 62.1 Å². The van der Waals surface area contributed by atoms with Crippen molar-refractivity contribution in [3.63, 3.8) is 0 Å². The second-order valence-corrected chi connectivity index (χ2v) is 4.98. The van der Waals surface area contributed by atoms with Gasteiger partial charge in [-0.1, -0.05) is 30.4 Å². The third-order valence-electron chi connectivity index (χ3n) is 2.14. The van der Waals surface area contributed by atoms with Gasteiger partial charge in [-0.25, -0.2) is 4.79 Å². The largest absolute Gasteiger partial charge is 0.444 e. The number of hydrogen-bond acceptors (Lipinski definition) is 3. The molecule has 0 aliphatic rings. The minimum atomic E-state index is -0.499. The molecule has 1 rings (SSSR count). The monoisotopic (exact) mass is 258 g/mol. The maximum atomic E-state index is 11.4. The van der Waals surface area contributed by atoms with Crippen LogP contribution >= 0.6 is 0 Å². The number of benzene rings is 1. The number of nitrogens with zero attached hydrogens (tertiary/aromatic N) is 1. The van der Waals surface area contributed by atoms with E-state index in [1.54, 1.807) is 18.2 Å². The summed E-state index contributed by atoms with van der Waals surface area (Å²) in [5.41, 5.74) is 0.938. The molecule has 4 heteroatoms. The van der Waals surface area contributed by atoms with Crippen LogP contribution in [0.5, 0.6) is 0 Å². The van der Waals surface area contributed by atoms with E-state index in [0.29, 0.717) is 12.1 Å². The van der Waals surface area contributed by atoms with Gasteiger partial charge in [-0.15, -0.1) is 0 Å². The Morgan fingerprint density at radius 1 is 1.42 bits per heavy atom. The summed E-state index contributed by atoms with van der Waals surface area (Å²) >= 11 is 0. The molecule has 0 heterocycles. The molecule has 0 bridgehead atoms. The highest BCUT2D eigenvalue weighted by Gasteiger charge is 2.14. The molecule has 1 N–H and O–H groups in total. The van der Waals surface area contributed by atoms with Crippen molar-refractivity contribution in [2.45, 2.75) is 26.4 Å². The van der Waals surface area contributed by atoms with Gasteiger partial charge in [0, 0.05) is 6.54 Å². The number of nitrogens with one attached hydrogen (secondary N) is 1. The Labute approximate surface area is 113 Å². The number of ether oxygens (including phenoxy) is 1. The predicted molar refractivity (Wildman–Crippen MR) is 74.4 cm³/mol. The van der Waals surface area contributed by atoms with Gasteiger partial charge in [0.1, 0.15) is 5.60 Å². The molecule has 19 heavy (non-hydrogen) atoms. The second kappa shape index (κ2) is 6.60. The molecule has 1 amide bonds. The molecule has 0 saturated carbocycles.